The SMILES string of the molecule is CC(C)OC(=O)[C@H](CCCNC(=N)N[N+](=O)[O-])NC(=O)[C@@H]1CCCN1C(=O)CNC(=O)[C@@H]1CCCN1C(=O)[C@H](C)N.Cl. The van der Waals surface area contributed by atoms with Crippen molar-refractivity contribution in [2.75, 3.05) is 26.2 Å². The van der Waals surface area contributed by atoms with Crippen molar-refractivity contribution in [3.8, 4) is 0 Å². The number of hydrogen-bond donors (Lipinski definition) is 6. The Hall–Kier alpha value is -3.73. The molecule has 18 heteroatoms. The van der Waals surface area contributed by atoms with E-state index in [1.165, 1.54) is 9.80 Å². The molecule has 0 bridgehead atoms. The molecule has 2 rings (SSSR count). The Labute approximate surface area is 250 Å². The molecule has 42 heavy (non-hydrogen) atoms. The van der Waals surface area contributed by atoms with Crippen LogP contribution in [0.5, 0.6) is 0 Å². The summed E-state index contributed by atoms with van der Waals surface area (Å²) in [4.78, 5) is 77.0. The van der Waals surface area contributed by atoms with Gasteiger partial charge >= 0.3 is 5.97 Å². The maximum absolute atomic E-state index is 13.2. The second-order valence-electron chi connectivity index (χ2n) is 10.3. The molecular formula is C24H42ClN9O8. The Morgan fingerprint density at radius 2 is 1.62 bits per heavy atom. The van der Waals surface area contributed by atoms with Crippen LogP contribution in [0.3, 0.4) is 0 Å². The number of nitrogens with zero attached hydrogens (tertiary/aromatic N) is 3. The number of rotatable bonds is 13. The molecule has 4 atom stereocenters. The van der Waals surface area contributed by atoms with Gasteiger partial charge in [-0.3, -0.25) is 24.6 Å². The minimum atomic E-state index is -1.04. The van der Waals surface area contributed by atoms with Gasteiger partial charge in [-0.25, -0.2) is 14.9 Å². The number of carbonyl (C=O) groups is 5. The van der Waals surface area contributed by atoms with Crippen LogP contribution in [0, 0.1) is 15.5 Å². The molecule has 0 saturated carbocycles. The fourth-order valence-electron chi connectivity index (χ4n) is 4.77. The summed E-state index contributed by atoms with van der Waals surface area (Å²) in [7, 11) is 0. The molecule has 0 aromatic rings. The fraction of sp³-hybridized carbons (Fsp3) is 0.750. The van der Waals surface area contributed by atoms with E-state index in [1.54, 1.807) is 26.2 Å². The smallest absolute Gasteiger partial charge is 0.328 e. The average Bonchev–Trinajstić information content (AvgIpc) is 3.57. The number of likely N-dealkylation sites (tertiary alicyclic amines) is 2. The van der Waals surface area contributed by atoms with E-state index in [9.17, 15) is 34.1 Å². The number of hydrogen-bond acceptors (Lipinski definition) is 10. The molecule has 0 aliphatic carbocycles. The highest BCUT2D eigenvalue weighted by Crippen LogP contribution is 2.20. The number of ether oxygens (including phenoxy) is 1. The molecule has 0 radical (unpaired) electrons. The third-order valence-electron chi connectivity index (χ3n) is 6.65. The minimum Gasteiger partial charge on any atom is -0.461 e. The van der Waals surface area contributed by atoms with Gasteiger partial charge in [0.25, 0.3) is 5.96 Å². The second kappa shape index (κ2) is 17.3. The summed E-state index contributed by atoms with van der Waals surface area (Å²) in [5.74, 6) is -3.00. The third kappa shape index (κ3) is 10.9. The van der Waals surface area contributed by atoms with Crippen molar-refractivity contribution in [3.63, 3.8) is 0 Å². The van der Waals surface area contributed by atoms with Crippen LogP contribution >= 0.6 is 12.4 Å². The van der Waals surface area contributed by atoms with Crippen molar-refractivity contribution in [2.45, 2.75) is 89.6 Å². The van der Waals surface area contributed by atoms with Crippen LogP contribution in [0.25, 0.3) is 0 Å². The third-order valence-corrected chi connectivity index (χ3v) is 6.65. The van der Waals surface area contributed by atoms with Gasteiger partial charge in [0.1, 0.15) is 18.1 Å². The molecule has 0 aromatic heterocycles. The summed E-state index contributed by atoms with van der Waals surface area (Å²) in [6, 6.07) is -3.35. The number of guanidine groups is 1. The van der Waals surface area contributed by atoms with Gasteiger partial charge in [0.05, 0.1) is 18.7 Å². The first-order valence-corrected chi connectivity index (χ1v) is 13.7. The number of nitrogens with one attached hydrogen (secondary N) is 5. The Bertz CT molecular complexity index is 1010. The van der Waals surface area contributed by atoms with Gasteiger partial charge in [-0.15, -0.1) is 12.4 Å². The summed E-state index contributed by atoms with van der Waals surface area (Å²) in [5, 5.41) is 24.6. The molecule has 4 amide bonds. The first-order chi connectivity index (χ1) is 19.3. The van der Waals surface area contributed by atoms with E-state index in [-0.39, 0.29) is 44.2 Å². The van der Waals surface area contributed by atoms with Crippen LogP contribution in [0.15, 0.2) is 0 Å². The fourth-order valence-corrected chi connectivity index (χ4v) is 4.77. The number of esters is 1. The van der Waals surface area contributed by atoms with Crippen LogP contribution in [0.2, 0.25) is 0 Å². The predicted octanol–water partition coefficient (Wildman–Crippen LogP) is -1.62. The van der Waals surface area contributed by atoms with Gasteiger partial charge in [0.2, 0.25) is 23.6 Å². The van der Waals surface area contributed by atoms with Crippen molar-refractivity contribution in [2.24, 2.45) is 5.73 Å². The Morgan fingerprint density at radius 3 is 2.19 bits per heavy atom. The predicted molar refractivity (Wildman–Crippen MR) is 152 cm³/mol. The van der Waals surface area contributed by atoms with Crippen LogP contribution in [0.4, 0.5) is 0 Å². The van der Waals surface area contributed by atoms with Gasteiger partial charge in [0.15, 0.2) is 5.03 Å². The summed E-state index contributed by atoms with van der Waals surface area (Å²) in [6.45, 7) is 5.33. The van der Waals surface area contributed by atoms with Crippen molar-refractivity contribution in [3.05, 3.63) is 10.1 Å². The number of halogens is 1. The molecule has 0 spiro atoms. The van der Waals surface area contributed by atoms with E-state index in [2.05, 4.69) is 16.0 Å². The lowest BCUT2D eigenvalue weighted by Crippen LogP contribution is -2.54. The lowest BCUT2D eigenvalue weighted by atomic mass is 10.1. The normalized spacial score (nSPS) is 19.3. The summed E-state index contributed by atoms with van der Waals surface area (Å²) >= 11 is 0. The van der Waals surface area contributed by atoms with E-state index in [4.69, 9.17) is 15.9 Å². The highest BCUT2D eigenvalue weighted by atomic mass is 35.5. The van der Waals surface area contributed by atoms with E-state index < -0.39 is 65.0 Å². The maximum Gasteiger partial charge on any atom is 0.328 e. The highest BCUT2D eigenvalue weighted by Gasteiger charge is 2.38. The summed E-state index contributed by atoms with van der Waals surface area (Å²) < 4.78 is 5.25. The molecule has 0 aromatic carbocycles. The highest BCUT2D eigenvalue weighted by molar-refractivity contribution is 5.94. The topological polar surface area (TPSA) is 242 Å². The largest absolute Gasteiger partial charge is 0.461 e. The minimum absolute atomic E-state index is 0. The first kappa shape index (κ1) is 36.3. The number of hydrazine groups is 1. The molecule has 2 aliphatic heterocycles. The van der Waals surface area contributed by atoms with Crippen molar-refractivity contribution in [1.82, 2.24) is 31.2 Å². The zero-order valence-corrected chi connectivity index (χ0v) is 24.9. The Kier molecular flexibility index (Phi) is 14.9. The first-order valence-electron chi connectivity index (χ1n) is 13.7. The van der Waals surface area contributed by atoms with Crippen molar-refractivity contribution >= 4 is 48.0 Å². The standard InChI is InChI=1S/C24H41N9O8.ClH/c1-14(2)41-23(38)16(7-4-10-27-24(26)30-33(39)40)29-21(36)18-9-5-11-31(18)19(34)13-28-20(35)17-8-6-12-32(17)22(37)15(3)25;/h14-18H,4-13,25H2,1-3H3,(H,28,35)(H,29,36)(H3,26,27,30);1H/t15-,16-,17-,18-;/m0./s1. The van der Waals surface area contributed by atoms with Gasteiger partial charge in [-0.2, -0.15) is 0 Å². The molecule has 17 nitrogen and oxygen atoms in total. The summed E-state index contributed by atoms with van der Waals surface area (Å²) in [6.07, 6.45) is 1.96. The van der Waals surface area contributed by atoms with E-state index in [1.807, 2.05) is 0 Å². The van der Waals surface area contributed by atoms with Gasteiger partial charge in [0, 0.05) is 19.6 Å². The Morgan fingerprint density at radius 1 is 1.02 bits per heavy atom. The van der Waals surface area contributed by atoms with Crippen LogP contribution in [-0.4, -0.2) is 107 Å². The number of nitro groups is 1. The Balaban J connectivity index is 0.00000882. The van der Waals surface area contributed by atoms with Crippen molar-refractivity contribution in [1.29, 1.82) is 5.41 Å². The molecule has 2 saturated heterocycles. The summed E-state index contributed by atoms with van der Waals surface area (Å²) in [5.41, 5.74) is 7.33. The molecule has 0 unspecified atom stereocenters. The lowest BCUT2D eigenvalue weighted by Gasteiger charge is -2.28. The molecule has 2 heterocycles. The van der Waals surface area contributed by atoms with E-state index in [0.29, 0.717) is 38.8 Å². The monoisotopic (exact) mass is 619 g/mol. The lowest BCUT2D eigenvalue weighted by molar-refractivity contribution is -0.525. The van der Waals surface area contributed by atoms with Gasteiger partial charge in [-0.1, -0.05) is 5.43 Å². The second-order valence-corrected chi connectivity index (χ2v) is 10.3. The van der Waals surface area contributed by atoms with Gasteiger partial charge in [-0.05, 0) is 59.3 Å². The molecule has 7 N–H and O–H groups in total. The van der Waals surface area contributed by atoms with Gasteiger partial charge < -0.3 is 36.2 Å². The van der Waals surface area contributed by atoms with Crippen molar-refractivity contribution < 1.29 is 33.7 Å². The number of amides is 4. The molecular weight excluding hydrogens is 578 g/mol. The van der Waals surface area contributed by atoms with Crippen LogP contribution in [0.1, 0.15) is 59.3 Å². The molecule has 2 fully saturated rings. The zero-order chi connectivity index (χ0) is 30.7. The number of carbonyl (C=O) groups excluding carboxylic acids is 5. The number of nitrogens with two attached hydrogens (primary N) is 1. The molecule has 2 aliphatic rings. The average molecular weight is 620 g/mol. The van der Waals surface area contributed by atoms with Crippen LogP contribution in [-0.2, 0) is 28.7 Å². The van der Waals surface area contributed by atoms with E-state index >= 15 is 0 Å². The van der Waals surface area contributed by atoms with Crippen LogP contribution < -0.4 is 27.1 Å². The molecule has 238 valence electrons. The quantitative estimate of drug-likeness (QED) is 0.0341. The zero-order valence-electron chi connectivity index (χ0n) is 24.1. The maximum atomic E-state index is 13.2. The van der Waals surface area contributed by atoms with E-state index in [0.717, 1.165) is 0 Å².